The summed E-state index contributed by atoms with van der Waals surface area (Å²) in [6.07, 6.45) is 1.89. The number of nitrogens with zero attached hydrogens (tertiary/aromatic N) is 3. The molecule has 0 bridgehead atoms. The number of benzene rings is 2. The third kappa shape index (κ3) is 3.01. The summed E-state index contributed by atoms with van der Waals surface area (Å²) < 4.78 is 12.3. The lowest BCUT2D eigenvalue weighted by Crippen LogP contribution is -2.10. The highest BCUT2D eigenvalue weighted by Gasteiger charge is 2.18. The molecule has 0 unspecified atom stereocenters. The van der Waals surface area contributed by atoms with Crippen LogP contribution in [-0.2, 0) is 0 Å². The van der Waals surface area contributed by atoms with Crippen molar-refractivity contribution in [2.75, 3.05) is 20.5 Å². The number of hydrogen-bond acceptors (Lipinski definition) is 6. The van der Waals surface area contributed by atoms with Gasteiger partial charge in [-0.05, 0) is 36.6 Å². The summed E-state index contributed by atoms with van der Waals surface area (Å²) in [5.41, 5.74) is 1.82. The van der Waals surface area contributed by atoms with Crippen molar-refractivity contribution in [3.8, 4) is 28.6 Å². The number of ether oxygens (including phenoxy) is 2. The highest BCUT2D eigenvalue weighted by molar-refractivity contribution is 7.98. The Morgan fingerprint density at radius 2 is 1.79 bits per heavy atom. The van der Waals surface area contributed by atoms with Crippen molar-refractivity contribution < 1.29 is 9.47 Å². The molecule has 8 heteroatoms. The van der Waals surface area contributed by atoms with Gasteiger partial charge in [0.1, 0.15) is 16.2 Å². The third-order valence-corrected chi connectivity index (χ3v) is 5.03. The highest BCUT2D eigenvalue weighted by Crippen LogP contribution is 2.32. The first-order chi connectivity index (χ1) is 13.7. The minimum absolute atomic E-state index is 0.235. The van der Waals surface area contributed by atoms with Crippen LogP contribution in [0.3, 0.4) is 0 Å². The van der Waals surface area contributed by atoms with Gasteiger partial charge in [0, 0.05) is 5.56 Å². The molecule has 0 aliphatic carbocycles. The highest BCUT2D eigenvalue weighted by atomic mass is 32.2. The van der Waals surface area contributed by atoms with Crippen molar-refractivity contribution >= 4 is 22.8 Å². The zero-order chi connectivity index (χ0) is 19.7. The Hall–Kier alpha value is -3.26. The summed E-state index contributed by atoms with van der Waals surface area (Å²) in [5.74, 6) is 1.60. The number of methoxy groups -OCH3 is 2. The largest absolute Gasteiger partial charge is 0.493 e. The van der Waals surface area contributed by atoms with E-state index in [2.05, 4.69) is 10.1 Å². The lowest BCUT2D eigenvalue weighted by molar-refractivity contribution is 0.355. The lowest BCUT2D eigenvalue weighted by atomic mass is 10.2. The summed E-state index contributed by atoms with van der Waals surface area (Å²) in [6.45, 7) is 0. The Morgan fingerprint density at radius 1 is 1.04 bits per heavy atom. The second kappa shape index (κ2) is 7.40. The molecular weight excluding hydrogens is 376 g/mol. The van der Waals surface area contributed by atoms with Crippen LogP contribution in [0.5, 0.6) is 11.5 Å². The first-order valence-corrected chi connectivity index (χ1v) is 9.73. The second-order valence-corrected chi connectivity index (χ2v) is 6.73. The maximum atomic E-state index is 12.9. The maximum Gasteiger partial charge on any atom is 0.263 e. The van der Waals surface area contributed by atoms with Crippen molar-refractivity contribution in [1.29, 1.82) is 0 Å². The fourth-order valence-corrected chi connectivity index (χ4v) is 3.56. The van der Waals surface area contributed by atoms with Gasteiger partial charge in [-0.1, -0.05) is 18.2 Å². The van der Waals surface area contributed by atoms with Crippen molar-refractivity contribution in [2.24, 2.45) is 0 Å². The number of H-pyrrole nitrogens is 1. The molecule has 0 aliphatic heterocycles. The number of thioether (sulfide) groups is 1. The summed E-state index contributed by atoms with van der Waals surface area (Å²) in [4.78, 5) is 20.4. The lowest BCUT2D eigenvalue weighted by Gasteiger charge is -2.09. The van der Waals surface area contributed by atoms with E-state index < -0.39 is 0 Å². The van der Waals surface area contributed by atoms with Gasteiger partial charge in [0.25, 0.3) is 5.56 Å². The Bertz CT molecular complexity index is 1200. The summed E-state index contributed by atoms with van der Waals surface area (Å²) in [5, 5.41) is 5.69. The maximum absolute atomic E-state index is 12.9. The second-order valence-electron chi connectivity index (χ2n) is 5.94. The molecule has 0 fully saturated rings. The third-order valence-electron chi connectivity index (χ3n) is 4.36. The normalized spacial score (nSPS) is 11.0. The first-order valence-electron chi connectivity index (χ1n) is 8.51. The molecule has 0 atom stereocenters. The molecule has 0 spiro atoms. The summed E-state index contributed by atoms with van der Waals surface area (Å²) in [6, 6.07) is 15.0. The number of rotatable bonds is 5. The van der Waals surface area contributed by atoms with Crippen LogP contribution in [0.2, 0.25) is 0 Å². The minimum Gasteiger partial charge on any atom is -0.493 e. The molecule has 2 heterocycles. The van der Waals surface area contributed by atoms with Gasteiger partial charge in [-0.25, -0.2) is 9.67 Å². The van der Waals surface area contributed by atoms with Crippen molar-refractivity contribution in [3.05, 3.63) is 58.9 Å². The van der Waals surface area contributed by atoms with E-state index in [0.29, 0.717) is 38.9 Å². The molecule has 0 aliphatic rings. The molecule has 28 heavy (non-hydrogen) atoms. The van der Waals surface area contributed by atoms with Crippen molar-refractivity contribution in [3.63, 3.8) is 0 Å². The molecule has 0 radical (unpaired) electrons. The molecule has 4 aromatic rings. The van der Waals surface area contributed by atoms with E-state index in [1.165, 1.54) is 11.8 Å². The predicted octanol–water partition coefficient (Wildman–Crippen LogP) is 3.51. The molecule has 7 nitrogen and oxygen atoms in total. The molecule has 0 saturated carbocycles. The number of fused-ring (bicyclic) bond motifs is 1. The van der Waals surface area contributed by atoms with Gasteiger partial charge in [-0.15, -0.1) is 11.8 Å². The fraction of sp³-hybridized carbons (Fsp3) is 0.150. The van der Waals surface area contributed by atoms with E-state index in [1.54, 1.807) is 31.0 Å². The summed E-state index contributed by atoms with van der Waals surface area (Å²) >= 11 is 1.41. The van der Waals surface area contributed by atoms with Gasteiger partial charge in [-0.3, -0.25) is 4.79 Å². The number of aromatic amines is 1. The Kier molecular flexibility index (Phi) is 4.79. The van der Waals surface area contributed by atoms with Crippen LogP contribution >= 0.6 is 11.8 Å². The van der Waals surface area contributed by atoms with Crippen LogP contribution in [0.15, 0.2) is 58.4 Å². The molecule has 0 amide bonds. The Labute approximate surface area is 165 Å². The van der Waals surface area contributed by atoms with Gasteiger partial charge >= 0.3 is 0 Å². The van der Waals surface area contributed by atoms with Crippen LogP contribution < -0.4 is 15.0 Å². The minimum atomic E-state index is -0.235. The van der Waals surface area contributed by atoms with Crippen molar-refractivity contribution in [2.45, 2.75) is 5.03 Å². The van der Waals surface area contributed by atoms with E-state index in [0.717, 1.165) is 5.69 Å². The zero-order valence-corrected chi connectivity index (χ0v) is 16.4. The molecule has 2 aromatic carbocycles. The van der Waals surface area contributed by atoms with E-state index in [1.807, 2.05) is 42.7 Å². The molecule has 4 rings (SSSR count). The molecule has 1 N–H and O–H groups in total. The van der Waals surface area contributed by atoms with Gasteiger partial charge in [0.05, 0.1) is 19.9 Å². The van der Waals surface area contributed by atoms with E-state index in [-0.39, 0.29) is 5.56 Å². The summed E-state index contributed by atoms with van der Waals surface area (Å²) in [7, 11) is 3.14. The number of aromatic nitrogens is 4. The first kappa shape index (κ1) is 18.1. The topological polar surface area (TPSA) is 82.0 Å². The average molecular weight is 394 g/mol. The van der Waals surface area contributed by atoms with Crippen LogP contribution in [0.25, 0.3) is 28.1 Å². The van der Waals surface area contributed by atoms with Gasteiger partial charge in [-0.2, -0.15) is 5.10 Å². The van der Waals surface area contributed by atoms with E-state index in [9.17, 15) is 4.79 Å². The zero-order valence-electron chi connectivity index (χ0n) is 15.6. The van der Waals surface area contributed by atoms with Crippen LogP contribution in [-0.4, -0.2) is 40.2 Å². The predicted molar refractivity (Wildman–Crippen MR) is 110 cm³/mol. The molecule has 142 valence electrons. The van der Waals surface area contributed by atoms with Crippen LogP contribution in [0, 0.1) is 0 Å². The monoisotopic (exact) mass is 394 g/mol. The molecule has 2 aromatic heterocycles. The SMILES string of the molecule is COc1ccc(-c2nc3c(c(SC)nn3-c3ccccc3)c(=O)[nH]2)cc1OC. The fourth-order valence-electron chi connectivity index (χ4n) is 3.01. The van der Waals surface area contributed by atoms with E-state index in [4.69, 9.17) is 14.5 Å². The Morgan fingerprint density at radius 3 is 2.46 bits per heavy atom. The van der Waals surface area contributed by atoms with Gasteiger partial charge in [0.2, 0.25) is 0 Å². The van der Waals surface area contributed by atoms with Crippen molar-refractivity contribution in [1.82, 2.24) is 19.7 Å². The van der Waals surface area contributed by atoms with Crippen LogP contribution in [0.1, 0.15) is 0 Å². The number of para-hydroxylation sites is 1. The Balaban J connectivity index is 1.96. The average Bonchev–Trinajstić information content (AvgIpc) is 3.13. The van der Waals surface area contributed by atoms with E-state index >= 15 is 0 Å². The molecule has 0 saturated heterocycles. The number of nitrogens with one attached hydrogen (secondary N) is 1. The van der Waals surface area contributed by atoms with Crippen LogP contribution in [0.4, 0.5) is 0 Å². The van der Waals surface area contributed by atoms with Gasteiger partial charge < -0.3 is 14.5 Å². The quantitative estimate of drug-likeness (QED) is 0.522. The number of hydrogen-bond donors (Lipinski definition) is 1. The smallest absolute Gasteiger partial charge is 0.263 e. The molecular formula is C20H18N4O3S. The van der Waals surface area contributed by atoms with Gasteiger partial charge in [0.15, 0.2) is 17.1 Å². The standard InChI is InChI=1S/C20H18N4O3S/c1-26-14-10-9-12(11-15(14)27-2)17-21-18-16(19(25)22-17)20(28-3)23-24(18)13-7-5-4-6-8-13/h4-11H,1-3H3,(H,21,22,25).